The standard InChI is InChI=1S/C25H34N2O5/c1-24(2,3)32-23(29)27-21-9-7-8-19(26-21)14-15-31-20-12-10-18(11-13-20)16-25(4,5)17-22(28)30-6/h7-13H,14-17H2,1-6H3,(H,26,27,29). The number of nitrogens with zero attached hydrogens (tertiary/aromatic N) is 1. The maximum atomic E-state index is 11.9. The number of benzene rings is 1. The van der Waals surface area contributed by atoms with Gasteiger partial charge in [-0.1, -0.05) is 32.0 Å². The zero-order valence-electron chi connectivity index (χ0n) is 19.9. The van der Waals surface area contributed by atoms with Gasteiger partial charge in [0.2, 0.25) is 0 Å². The molecule has 32 heavy (non-hydrogen) atoms. The Morgan fingerprint density at radius 1 is 1.00 bits per heavy atom. The van der Waals surface area contributed by atoms with Crippen molar-refractivity contribution in [3.8, 4) is 5.75 Å². The van der Waals surface area contributed by atoms with Crippen molar-refractivity contribution in [1.29, 1.82) is 0 Å². The minimum atomic E-state index is -0.567. The van der Waals surface area contributed by atoms with E-state index in [1.807, 2.05) is 71.0 Å². The summed E-state index contributed by atoms with van der Waals surface area (Å²) in [6, 6.07) is 13.3. The first kappa shape index (κ1) is 25.2. The largest absolute Gasteiger partial charge is 0.493 e. The molecular formula is C25H34N2O5. The fourth-order valence-corrected chi connectivity index (χ4v) is 3.15. The summed E-state index contributed by atoms with van der Waals surface area (Å²) in [7, 11) is 1.41. The second-order valence-electron chi connectivity index (χ2n) is 9.48. The number of rotatable bonds is 9. The zero-order chi connectivity index (χ0) is 23.8. The molecule has 7 nitrogen and oxygen atoms in total. The summed E-state index contributed by atoms with van der Waals surface area (Å²) in [6.07, 6.45) is 1.20. The summed E-state index contributed by atoms with van der Waals surface area (Å²) in [4.78, 5) is 27.9. The Hall–Kier alpha value is -3.09. The van der Waals surface area contributed by atoms with Crippen LogP contribution >= 0.6 is 0 Å². The van der Waals surface area contributed by atoms with E-state index in [4.69, 9.17) is 14.2 Å². The molecule has 0 unspecified atom stereocenters. The van der Waals surface area contributed by atoms with Crippen LogP contribution in [0.3, 0.4) is 0 Å². The molecule has 2 aromatic rings. The Labute approximate surface area is 190 Å². The summed E-state index contributed by atoms with van der Waals surface area (Å²) >= 11 is 0. The second kappa shape index (κ2) is 11.0. The van der Waals surface area contributed by atoms with E-state index in [1.54, 1.807) is 6.07 Å². The quantitative estimate of drug-likeness (QED) is 0.538. The number of hydrogen-bond acceptors (Lipinski definition) is 6. The predicted molar refractivity (Wildman–Crippen MR) is 124 cm³/mol. The van der Waals surface area contributed by atoms with Gasteiger partial charge in [0, 0.05) is 12.1 Å². The number of anilines is 1. The van der Waals surface area contributed by atoms with Crippen LogP contribution in [0, 0.1) is 5.41 Å². The number of ether oxygens (including phenoxy) is 3. The molecule has 174 valence electrons. The maximum absolute atomic E-state index is 11.9. The molecule has 0 saturated carbocycles. The van der Waals surface area contributed by atoms with E-state index in [-0.39, 0.29) is 11.4 Å². The van der Waals surface area contributed by atoms with Gasteiger partial charge < -0.3 is 14.2 Å². The van der Waals surface area contributed by atoms with Crippen LogP contribution in [0.25, 0.3) is 0 Å². The van der Waals surface area contributed by atoms with Crippen molar-refractivity contribution in [3.63, 3.8) is 0 Å². The molecule has 1 aromatic carbocycles. The summed E-state index contributed by atoms with van der Waals surface area (Å²) in [5.74, 6) is 1.01. The first-order valence-electron chi connectivity index (χ1n) is 10.7. The number of methoxy groups -OCH3 is 1. The first-order chi connectivity index (χ1) is 15.0. The SMILES string of the molecule is COC(=O)CC(C)(C)Cc1ccc(OCCc2cccc(NC(=O)OC(C)(C)C)n2)cc1. The molecule has 0 aliphatic rings. The highest BCUT2D eigenvalue weighted by atomic mass is 16.6. The van der Waals surface area contributed by atoms with Crippen molar-refractivity contribution >= 4 is 17.9 Å². The van der Waals surface area contributed by atoms with Crippen molar-refractivity contribution in [2.75, 3.05) is 19.0 Å². The monoisotopic (exact) mass is 442 g/mol. The van der Waals surface area contributed by atoms with Gasteiger partial charge >= 0.3 is 12.1 Å². The minimum absolute atomic E-state index is 0.181. The third-order valence-electron chi connectivity index (χ3n) is 4.52. The first-order valence-corrected chi connectivity index (χ1v) is 10.7. The molecule has 7 heteroatoms. The Kier molecular flexibility index (Phi) is 8.63. The maximum Gasteiger partial charge on any atom is 0.413 e. The molecular weight excluding hydrogens is 408 g/mol. The van der Waals surface area contributed by atoms with Gasteiger partial charge in [0.25, 0.3) is 0 Å². The fraction of sp³-hybridized carbons (Fsp3) is 0.480. The molecule has 1 aromatic heterocycles. The molecule has 2 rings (SSSR count). The predicted octanol–water partition coefficient (Wildman–Crippen LogP) is 5.18. The van der Waals surface area contributed by atoms with Crippen LogP contribution in [0.5, 0.6) is 5.75 Å². The molecule has 0 atom stereocenters. The lowest BCUT2D eigenvalue weighted by Gasteiger charge is -2.23. The fourth-order valence-electron chi connectivity index (χ4n) is 3.15. The van der Waals surface area contributed by atoms with Gasteiger partial charge in [-0.15, -0.1) is 0 Å². The molecule has 1 amide bonds. The highest BCUT2D eigenvalue weighted by Gasteiger charge is 2.23. The van der Waals surface area contributed by atoms with E-state index in [9.17, 15) is 9.59 Å². The molecule has 1 N–H and O–H groups in total. The normalized spacial score (nSPS) is 11.6. The van der Waals surface area contributed by atoms with E-state index in [0.29, 0.717) is 25.3 Å². The molecule has 0 spiro atoms. The number of esters is 1. The van der Waals surface area contributed by atoms with Crippen molar-refractivity contribution < 1.29 is 23.8 Å². The summed E-state index contributed by atoms with van der Waals surface area (Å²) in [6.45, 7) is 9.98. The van der Waals surface area contributed by atoms with Crippen LogP contribution in [-0.4, -0.2) is 36.4 Å². The van der Waals surface area contributed by atoms with Crippen LogP contribution < -0.4 is 10.1 Å². The van der Waals surface area contributed by atoms with Gasteiger partial charge in [-0.05, 0) is 62.4 Å². The third-order valence-corrected chi connectivity index (χ3v) is 4.52. The van der Waals surface area contributed by atoms with Crippen LogP contribution in [0.15, 0.2) is 42.5 Å². The third kappa shape index (κ3) is 9.37. The zero-order valence-corrected chi connectivity index (χ0v) is 19.9. The smallest absolute Gasteiger partial charge is 0.413 e. The van der Waals surface area contributed by atoms with E-state index in [1.165, 1.54) is 7.11 Å². The van der Waals surface area contributed by atoms with Crippen molar-refractivity contribution in [1.82, 2.24) is 4.98 Å². The Balaban J connectivity index is 1.84. The van der Waals surface area contributed by atoms with Crippen LogP contribution in [0.4, 0.5) is 10.6 Å². The Morgan fingerprint density at radius 3 is 2.31 bits per heavy atom. The van der Waals surface area contributed by atoms with Gasteiger partial charge in [-0.25, -0.2) is 9.78 Å². The van der Waals surface area contributed by atoms with E-state index < -0.39 is 11.7 Å². The Bertz CT molecular complexity index is 901. The lowest BCUT2D eigenvalue weighted by atomic mass is 9.83. The topological polar surface area (TPSA) is 86.8 Å². The number of hydrogen-bond donors (Lipinski definition) is 1. The number of nitrogens with one attached hydrogen (secondary N) is 1. The van der Waals surface area contributed by atoms with Crippen molar-refractivity contribution in [2.45, 2.75) is 59.5 Å². The number of pyridine rings is 1. The lowest BCUT2D eigenvalue weighted by molar-refractivity contribution is -0.142. The van der Waals surface area contributed by atoms with Gasteiger partial charge in [0.15, 0.2) is 0 Å². The summed E-state index contributed by atoms with van der Waals surface area (Å²) in [5, 5.41) is 2.65. The van der Waals surface area contributed by atoms with E-state index in [2.05, 4.69) is 10.3 Å². The number of aromatic nitrogens is 1. The molecule has 0 radical (unpaired) electrons. The van der Waals surface area contributed by atoms with Crippen LogP contribution in [0.2, 0.25) is 0 Å². The highest BCUT2D eigenvalue weighted by molar-refractivity contribution is 5.83. The van der Waals surface area contributed by atoms with E-state index >= 15 is 0 Å². The molecule has 0 saturated heterocycles. The molecule has 0 aliphatic heterocycles. The minimum Gasteiger partial charge on any atom is -0.493 e. The molecule has 0 aliphatic carbocycles. The molecule has 0 bridgehead atoms. The van der Waals surface area contributed by atoms with Gasteiger partial charge in [-0.3, -0.25) is 10.1 Å². The average molecular weight is 443 g/mol. The number of amides is 1. The van der Waals surface area contributed by atoms with Crippen molar-refractivity contribution in [3.05, 3.63) is 53.7 Å². The molecule has 0 fully saturated rings. The number of carbonyl (C=O) groups excluding carboxylic acids is 2. The lowest BCUT2D eigenvalue weighted by Crippen LogP contribution is -2.27. The second-order valence-corrected chi connectivity index (χ2v) is 9.48. The van der Waals surface area contributed by atoms with Gasteiger partial charge in [-0.2, -0.15) is 0 Å². The van der Waals surface area contributed by atoms with Gasteiger partial charge in [0.1, 0.15) is 17.2 Å². The van der Waals surface area contributed by atoms with Gasteiger partial charge in [0.05, 0.1) is 20.1 Å². The average Bonchev–Trinajstić information content (AvgIpc) is 2.67. The van der Waals surface area contributed by atoms with Crippen LogP contribution in [-0.2, 0) is 27.1 Å². The summed E-state index contributed by atoms with van der Waals surface area (Å²) < 4.78 is 15.9. The van der Waals surface area contributed by atoms with Crippen LogP contribution in [0.1, 0.15) is 52.3 Å². The molecule has 1 heterocycles. The van der Waals surface area contributed by atoms with Crippen molar-refractivity contribution in [2.24, 2.45) is 5.41 Å². The van der Waals surface area contributed by atoms with E-state index in [0.717, 1.165) is 23.4 Å². The Morgan fingerprint density at radius 2 is 1.69 bits per heavy atom. The summed E-state index contributed by atoms with van der Waals surface area (Å²) in [5.41, 5.74) is 1.19. The number of carbonyl (C=O) groups is 2. The highest BCUT2D eigenvalue weighted by Crippen LogP contribution is 2.27.